The quantitative estimate of drug-likeness (QED) is 0.586. The summed E-state index contributed by atoms with van der Waals surface area (Å²) in [5.74, 6) is 0. The number of aryl methyl sites for hydroxylation is 1. The van der Waals surface area contributed by atoms with Gasteiger partial charge in [-0.1, -0.05) is 11.6 Å². The number of nitrogens with zero attached hydrogens (tertiary/aromatic N) is 2. The minimum absolute atomic E-state index is 0.177. The third-order valence-electron chi connectivity index (χ3n) is 3.16. The summed E-state index contributed by atoms with van der Waals surface area (Å²) < 4.78 is 0. The summed E-state index contributed by atoms with van der Waals surface area (Å²) in [5.41, 5.74) is 2.23. The normalized spacial score (nSPS) is 20.9. The lowest BCUT2D eigenvalue weighted by Gasteiger charge is -2.33. The van der Waals surface area contributed by atoms with Crippen LogP contribution >= 0.6 is 11.6 Å². The van der Waals surface area contributed by atoms with Crippen LogP contribution in [0.4, 0.5) is 0 Å². The molecule has 1 amide bonds. The molecule has 1 atom stereocenters. The van der Waals surface area contributed by atoms with Gasteiger partial charge in [0.1, 0.15) is 5.15 Å². The van der Waals surface area contributed by atoms with Crippen molar-refractivity contribution >= 4 is 18.0 Å². The molecule has 0 bridgehead atoms. The number of carbonyl (C=O) groups excluding carboxylic acids is 1. The Morgan fingerprint density at radius 3 is 3.06 bits per heavy atom. The first-order valence-electron chi connectivity index (χ1n) is 5.55. The van der Waals surface area contributed by atoms with Crippen molar-refractivity contribution in [3.63, 3.8) is 0 Å². The summed E-state index contributed by atoms with van der Waals surface area (Å²) in [4.78, 5) is 17.0. The summed E-state index contributed by atoms with van der Waals surface area (Å²) >= 11 is 5.83. The van der Waals surface area contributed by atoms with Crippen LogP contribution in [0.3, 0.4) is 0 Å². The molecular formula is C12H15ClN2O. The van der Waals surface area contributed by atoms with Crippen LogP contribution in [0.1, 0.15) is 36.4 Å². The molecule has 0 saturated carbocycles. The maximum absolute atomic E-state index is 11.0. The monoisotopic (exact) mass is 238 g/mol. The maximum Gasteiger partial charge on any atom is 0.210 e. The van der Waals surface area contributed by atoms with Gasteiger partial charge in [0.05, 0.1) is 6.04 Å². The Labute approximate surface area is 100 Å². The molecule has 1 aromatic heterocycles. The highest BCUT2D eigenvalue weighted by Crippen LogP contribution is 2.31. The summed E-state index contributed by atoms with van der Waals surface area (Å²) in [6, 6.07) is 2.03. The van der Waals surface area contributed by atoms with E-state index in [2.05, 4.69) is 4.98 Å². The first-order chi connectivity index (χ1) is 7.72. The molecule has 0 spiro atoms. The zero-order valence-corrected chi connectivity index (χ0v) is 10.1. The number of hydrogen-bond acceptors (Lipinski definition) is 2. The molecule has 1 saturated heterocycles. The van der Waals surface area contributed by atoms with E-state index in [9.17, 15) is 4.79 Å². The second kappa shape index (κ2) is 4.83. The van der Waals surface area contributed by atoms with Crippen LogP contribution in [0.15, 0.2) is 12.3 Å². The van der Waals surface area contributed by atoms with E-state index in [0.717, 1.165) is 43.3 Å². The van der Waals surface area contributed by atoms with E-state index in [1.165, 1.54) is 0 Å². The number of pyridine rings is 1. The molecule has 1 aliphatic heterocycles. The molecule has 2 heterocycles. The Kier molecular flexibility index (Phi) is 3.44. The molecule has 1 aromatic rings. The van der Waals surface area contributed by atoms with E-state index in [1.807, 2.05) is 17.9 Å². The van der Waals surface area contributed by atoms with Crippen molar-refractivity contribution in [2.75, 3.05) is 6.54 Å². The van der Waals surface area contributed by atoms with E-state index in [0.29, 0.717) is 5.15 Å². The van der Waals surface area contributed by atoms with Gasteiger partial charge in [0.15, 0.2) is 0 Å². The van der Waals surface area contributed by atoms with Gasteiger partial charge >= 0.3 is 0 Å². The van der Waals surface area contributed by atoms with Crippen LogP contribution in [0.5, 0.6) is 0 Å². The molecule has 2 rings (SSSR count). The Morgan fingerprint density at radius 1 is 1.56 bits per heavy atom. The fourth-order valence-corrected chi connectivity index (χ4v) is 2.51. The molecule has 0 aromatic carbocycles. The predicted molar refractivity (Wildman–Crippen MR) is 63.3 cm³/mol. The van der Waals surface area contributed by atoms with Gasteiger partial charge in [-0.05, 0) is 43.4 Å². The fraction of sp³-hybridized carbons (Fsp3) is 0.500. The van der Waals surface area contributed by atoms with Gasteiger partial charge in [0.25, 0.3) is 0 Å². The number of halogens is 1. The first-order valence-corrected chi connectivity index (χ1v) is 5.93. The van der Waals surface area contributed by atoms with Crippen LogP contribution in [0.2, 0.25) is 5.15 Å². The second-order valence-corrected chi connectivity index (χ2v) is 4.61. The van der Waals surface area contributed by atoms with Crippen molar-refractivity contribution in [1.29, 1.82) is 0 Å². The van der Waals surface area contributed by atoms with Crippen molar-refractivity contribution in [3.8, 4) is 0 Å². The molecule has 86 valence electrons. The van der Waals surface area contributed by atoms with E-state index in [-0.39, 0.29) is 6.04 Å². The Balaban J connectivity index is 2.30. The summed E-state index contributed by atoms with van der Waals surface area (Å²) in [5, 5.41) is 0.509. The van der Waals surface area contributed by atoms with Gasteiger partial charge in [-0.3, -0.25) is 4.79 Å². The molecule has 1 unspecified atom stereocenters. The molecule has 16 heavy (non-hydrogen) atoms. The minimum Gasteiger partial charge on any atom is -0.338 e. The van der Waals surface area contributed by atoms with Crippen molar-refractivity contribution in [2.45, 2.75) is 32.2 Å². The molecular weight excluding hydrogens is 224 g/mol. The SMILES string of the molecule is Cc1cc(Cl)ncc1C1CCCCN1C=O. The Hall–Kier alpha value is -1.09. The van der Waals surface area contributed by atoms with Crippen LogP contribution in [-0.2, 0) is 4.79 Å². The van der Waals surface area contributed by atoms with E-state index in [4.69, 9.17) is 11.6 Å². The standard InChI is InChI=1S/C12H15ClN2O/c1-9-6-12(13)14-7-10(9)11-4-2-3-5-15(11)8-16/h6-8,11H,2-5H2,1H3. The van der Waals surface area contributed by atoms with Gasteiger partial charge in [-0.2, -0.15) is 0 Å². The zero-order valence-electron chi connectivity index (χ0n) is 9.32. The molecule has 1 aliphatic rings. The highest BCUT2D eigenvalue weighted by atomic mass is 35.5. The number of amides is 1. The number of aromatic nitrogens is 1. The Morgan fingerprint density at radius 2 is 2.38 bits per heavy atom. The van der Waals surface area contributed by atoms with Crippen LogP contribution in [-0.4, -0.2) is 22.8 Å². The average Bonchev–Trinajstić information content (AvgIpc) is 2.29. The third-order valence-corrected chi connectivity index (χ3v) is 3.36. The van der Waals surface area contributed by atoms with E-state index >= 15 is 0 Å². The van der Waals surface area contributed by atoms with Crippen molar-refractivity contribution in [1.82, 2.24) is 9.88 Å². The smallest absolute Gasteiger partial charge is 0.210 e. The van der Waals surface area contributed by atoms with Gasteiger partial charge < -0.3 is 4.90 Å². The molecule has 1 fully saturated rings. The lowest BCUT2D eigenvalue weighted by Crippen LogP contribution is -2.32. The zero-order chi connectivity index (χ0) is 11.5. The summed E-state index contributed by atoms with van der Waals surface area (Å²) in [6.45, 7) is 2.86. The maximum atomic E-state index is 11.0. The second-order valence-electron chi connectivity index (χ2n) is 4.22. The van der Waals surface area contributed by atoms with Gasteiger partial charge in [-0.25, -0.2) is 4.98 Å². The minimum atomic E-state index is 0.177. The number of hydrogen-bond donors (Lipinski definition) is 0. The third kappa shape index (κ3) is 2.19. The highest BCUT2D eigenvalue weighted by Gasteiger charge is 2.24. The van der Waals surface area contributed by atoms with E-state index in [1.54, 1.807) is 6.20 Å². The van der Waals surface area contributed by atoms with Crippen LogP contribution in [0.25, 0.3) is 0 Å². The Bertz CT molecular complexity index is 395. The molecule has 0 aliphatic carbocycles. The van der Waals surface area contributed by atoms with Gasteiger partial charge in [-0.15, -0.1) is 0 Å². The lowest BCUT2D eigenvalue weighted by molar-refractivity contribution is -0.121. The largest absolute Gasteiger partial charge is 0.338 e. The number of carbonyl (C=O) groups is 1. The predicted octanol–water partition coefficient (Wildman–Crippen LogP) is 2.73. The molecule has 0 N–H and O–H groups in total. The van der Waals surface area contributed by atoms with Gasteiger partial charge in [0, 0.05) is 12.7 Å². The first kappa shape index (κ1) is 11.4. The topological polar surface area (TPSA) is 33.2 Å². The molecule has 3 nitrogen and oxygen atoms in total. The van der Waals surface area contributed by atoms with E-state index < -0.39 is 0 Å². The fourth-order valence-electron chi connectivity index (χ4n) is 2.30. The number of likely N-dealkylation sites (tertiary alicyclic amines) is 1. The highest BCUT2D eigenvalue weighted by molar-refractivity contribution is 6.29. The van der Waals surface area contributed by atoms with Crippen molar-refractivity contribution < 1.29 is 4.79 Å². The summed E-state index contributed by atoms with van der Waals surface area (Å²) in [6.07, 6.45) is 6.01. The van der Waals surface area contributed by atoms with Crippen LogP contribution < -0.4 is 0 Å². The molecule has 4 heteroatoms. The van der Waals surface area contributed by atoms with Crippen molar-refractivity contribution in [3.05, 3.63) is 28.5 Å². The number of piperidine rings is 1. The lowest BCUT2D eigenvalue weighted by atomic mass is 9.94. The number of rotatable bonds is 2. The average molecular weight is 239 g/mol. The van der Waals surface area contributed by atoms with Crippen LogP contribution in [0, 0.1) is 6.92 Å². The van der Waals surface area contributed by atoms with Crippen molar-refractivity contribution in [2.24, 2.45) is 0 Å². The van der Waals surface area contributed by atoms with Gasteiger partial charge in [0.2, 0.25) is 6.41 Å². The molecule has 0 radical (unpaired) electrons. The summed E-state index contributed by atoms with van der Waals surface area (Å²) in [7, 11) is 0.